The third-order valence-corrected chi connectivity index (χ3v) is 7.64. The molecule has 0 unspecified atom stereocenters. The van der Waals surface area contributed by atoms with Crippen LogP contribution in [0.15, 0.2) is 72.8 Å². The number of hydrogen-bond acceptors (Lipinski definition) is 5. The fourth-order valence-electron chi connectivity index (χ4n) is 3.98. The maximum absolute atomic E-state index is 13.9. The normalized spacial score (nSPS) is 11.9. The number of ether oxygens (including phenoxy) is 1. The summed E-state index contributed by atoms with van der Waals surface area (Å²) in [5.41, 5.74) is 1.54. The number of amides is 2. The summed E-state index contributed by atoms with van der Waals surface area (Å²) in [6.07, 6.45) is 1.19. The highest BCUT2D eigenvalue weighted by atomic mass is 35.5. The molecule has 8 nitrogen and oxygen atoms in total. The molecule has 3 aromatic rings. The van der Waals surface area contributed by atoms with Crippen molar-refractivity contribution in [2.24, 2.45) is 0 Å². The number of carbonyl (C=O) groups excluding carboxylic acids is 2. The van der Waals surface area contributed by atoms with Crippen LogP contribution < -0.4 is 14.4 Å². The zero-order valence-electron chi connectivity index (χ0n) is 21.2. The van der Waals surface area contributed by atoms with Gasteiger partial charge in [-0.3, -0.25) is 13.9 Å². The van der Waals surface area contributed by atoms with E-state index in [0.29, 0.717) is 10.6 Å². The third-order valence-electron chi connectivity index (χ3n) is 5.90. The average Bonchev–Trinajstić information content (AvgIpc) is 2.89. The van der Waals surface area contributed by atoms with E-state index in [1.165, 1.54) is 31.2 Å². The lowest BCUT2D eigenvalue weighted by atomic mass is 10.0. The average molecular weight is 579 g/mol. The van der Waals surface area contributed by atoms with Crippen LogP contribution in [0.1, 0.15) is 11.1 Å². The van der Waals surface area contributed by atoms with Gasteiger partial charge in [-0.1, -0.05) is 71.7 Å². The molecule has 3 rings (SSSR count). The van der Waals surface area contributed by atoms with E-state index < -0.39 is 34.4 Å². The molecule has 38 heavy (non-hydrogen) atoms. The van der Waals surface area contributed by atoms with Gasteiger partial charge in [-0.25, -0.2) is 8.42 Å². The maximum atomic E-state index is 13.9. The van der Waals surface area contributed by atoms with Gasteiger partial charge in [-0.2, -0.15) is 0 Å². The largest absolute Gasteiger partial charge is 0.495 e. The van der Waals surface area contributed by atoms with Crippen molar-refractivity contribution in [2.45, 2.75) is 19.0 Å². The van der Waals surface area contributed by atoms with Crippen LogP contribution in [0.4, 0.5) is 5.69 Å². The van der Waals surface area contributed by atoms with E-state index in [1.807, 2.05) is 30.3 Å². The quantitative estimate of drug-likeness (QED) is 0.369. The molecule has 11 heteroatoms. The van der Waals surface area contributed by atoms with Crippen LogP contribution in [-0.4, -0.2) is 58.1 Å². The Morgan fingerprint density at radius 1 is 1.00 bits per heavy atom. The number of hydrogen-bond donors (Lipinski definition) is 1. The molecule has 0 aliphatic rings. The number of halogens is 2. The van der Waals surface area contributed by atoms with Crippen molar-refractivity contribution < 1.29 is 22.7 Å². The number of sulfonamides is 1. The molecule has 0 fully saturated rings. The molecule has 0 aliphatic carbocycles. The SMILES string of the molecule is CNC(=O)[C@H](Cc1ccccc1)N(Cc1ccccc1Cl)C(=O)CN(c1cc(Cl)ccc1OC)S(C)(=O)=O. The van der Waals surface area contributed by atoms with Gasteiger partial charge in [0.15, 0.2) is 0 Å². The molecule has 0 heterocycles. The highest BCUT2D eigenvalue weighted by Gasteiger charge is 2.33. The van der Waals surface area contributed by atoms with Gasteiger partial charge in [0.1, 0.15) is 18.3 Å². The predicted octanol–water partition coefficient (Wildman–Crippen LogP) is 4.15. The molecule has 0 aromatic heterocycles. The van der Waals surface area contributed by atoms with Gasteiger partial charge in [0, 0.05) is 30.1 Å². The lowest BCUT2D eigenvalue weighted by molar-refractivity contribution is -0.139. The van der Waals surface area contributed by atoms with Crippen molar-refractivity contribution in [3.05, 3.63) is 94.0 Å². The number of methoxy groups -OCH3 is 1. The first-order chi connectivity index (χ1) is 18.0. The molecule has 0 saturated heterocycles. The van der Waals surface area contributed by atoms with E-state index in [1.54, 1.807) is 30.3 Å². The number of nitrogens with one attached hydrogen (secondary N) is 1. The van der Waals surface area contributed by atoms with E-state index in [-0.39, 0.29) is 29.4 Å². The number of nitrogens with zero attached hydrogens (tertiary/aromatic N) is 2. The van der Waals surface area contributed by atoms with Gasteiger partial charge in [0.25, 0.3) is 0 Å². The summed E-state index contributed by atoms with van der Waals surface area (Å²) in [7, 11) is -1.09. The smallest absolute Gasteiger partial charge is 0.244 e. The number of anilines is 1. The minimum Gasteiger partial charge on any atom is -0.495 e. The predicted molar refractivity (Wildman–Crippen MR) is 150 cm³/mol. The van der Waals surface area contributed by atoms with E-state index in [4.69, 9.17) is 27.9 Å². The molecule has 0 radical (unpaired) electrons. The second kappa shape index (κ2) is 13.0. The molecule has 3 aromatic carbocycles. The number of carbonyl (C=O) groups is 2. The number of benzene rings is 3. The standard InChI is InChI=1S/C27H29Cl2N3O5S/c1-30-27(34)24(15-19-9-5-4-6-10-19)31(17-20-11-7-8-12-22(20)29)26(33)18-32(38(3,35)36)23-16-21(28)13-14-25(23)37-2/h4-14,16,24H,15,17-18H2,1-3H3,(H,30,34)/t24-/m0/s1. The second-order valence-electron chi connectivity index (χ2n) is 8.52. The topological polar surface area (TPSA) is 96.0 Å². The van der Waals surface area contributed by atoms with Gasteiger partial charge >= 0.3 is 0 Å². The summed E-state index contributed by atoms with van der Waals surface area (Å²) in [6, 6.07) is 19.7. The Morgan fingerprint density at radius 2 is 1.66 bits per heavy atom. The van der Waals surface area contributed by atoms with Gasteiger partial charge in [0.05, 0.1) is 19.1 Å². The third kappa shape index (κ3) is 7.40. The molecule has 202 valence electrons. The molecular formula is C27H29Cl2N3O5S. The maximum Gasteiger partial charge on any atom is 0.244 e. The van der Waals surface area contributed by atoms with E-state index >= 15 is 0 Å². The summed E-state index contributed by atoms with van der Waals surface area (Å²) < 4.78 is 32.0. The van der Waals surface area contributed by atoms with Gasteiger partial charge < -0.3 is 15.0 Å². The molecule has 0 saturated carbocycles. The van der Waals surface area contributed by atoms with Crippen molar-refractivity contribution in [2.75, 3.05) is 31.3 Å². The first-order valence-electron chi connectivity index (χ1n) is 11.6. The Morgan fingerprint density at radius 3 is 2.26 bits per heavy atom. The fourth-order valence-corrected chi connectivity index (χ4v) is 5.19. The summed E-state index contributed by atoms with van der Waals surface area (Å²) in [5.74, 6) is -0.792. The van der Waals surface area contributed by atoms with Crippen LogP contribution >= 0.6 is 23.2 Å². The molecule has 1 atom stereocenters. The second-order valence-corrected chi connectivity index (χ2v) is 11.3. The first kappa shape index (κ1) is 29.3. The first-order valence-corrected chi connectivity index (χ1v) is 14.2. The monoisotopic (exact) mass is 577 g/mol. The molecule has 0 bridgehead atoms. The lowest BCUT2D eigenvalue weighted by Gasteiger charge is -2.33. The zero-order valence-corrected chi connectivity index (χ0v) is 23.6. The minimum atomic E-state index is -3.97. The van der Waals surface area contributed by atoms with Crippen LogP contribution in [0, 0.1) is 0 Å². The molecular weight excluding hydrogens is 549 g/mol. The Bertz CT molecular complexity index is 1390. The van der Waals surface area contributed by atoms with Crippen molar-refractivity contribution in [3.8, 4) is 5.75 Å². The molecule has 1 N–H and O–H groups in total. The zero-order chi connectivity index (χ0) is 27.9. The highest BCUT2D eigenvalue weighted by Crippen LogP contribution is 2.33. The summed E-state index contributed by atoms with van der Waals surface area (Å²) in [5, 5.41) is 3.31. The van der Waals surface area contributed by atoms with Crippen LogP contribution in [-0.2, 0) is 32.6 Å². The van der Waals surface area contributed by atoms with E-state index in [2.05, 4.69) is 5.32 Å². The molecule has 0 aliphatic heterocycles. The van der Waals surface area contributed by atoms with E-state index in [9.17, 15) is 18.0 Å². The summed E-state index contributed by atoms with van der Waals surface area (Å²) in [6.45, 7) is -0.615. The number of likely N-dealkylation sites (N-methyl/N-ethyl adjacent to an activating group) is 1. The van der Waals surface area contributed by atoms with E-state index in [0.717, 1.165) is 16.1 Å². The van der Waals surface area contributed by atoms with Gasteiger partial charge in [-0.05, 0) is 35.4 Å². The van der Waals surface area contributed by atoms with Crippen LogP contribution in [0.25, 0.3) is 0 Å². The van der Waals surface area contributed by atoms with Crippen molar-refractivity contribution >= 4 is 50.7 Å². The van der Waals surface area contributed by atoms with Crippen LogP contribution in [0.2, 0.25) is 10.0 Å². The minimum absolute atomic E-state index is 0.0201. The van der Waals surface area contributed by atoms with Gasteiger partial charge in [-0.15, -0.1) is 0 Å². The van der Waals surface area contributed by atoms with Gasteiger partial charge in [0.2, 0.25) is 21.8 Å². The van der Waals surface area contributed by atoms with Crippen LogP contribution in [0.3, 0.4) is 0 Å². The Kier molecular flexibility index (Phi) is 10.0. The molecule has 2 amide bonds. The van der Waals surface area contributed by atoms with Crippen molar-refractivity contribution in [1.82, 2.24) is 10.2 Å². The summed E-state index contributed by atoms with van der Waals surface area (Å²) >= 11 is 12.6. The lowest BCUT2D eigenvalue weighted by Crippen LogP contribution is -2.53. The Labute approximate surface area is 233 Å². The van der Waals surface area contributed by atoms with Crippen molar-refractivity contribution in [1.29, 1.82) is 0 Å². The van der Waals surface area contributed by atoms with Crippen molar-refractivity contribution in [3.63, 3.8) is 0 Å². The number of rotatable bonds is 11. The Hall–Kier alpha value is -3.27. The highest BCUT2D eigenvalue weighted by molar-refractivity contribution is 7.92. The Balaban J connectivity index is 2.08. The fraction of sp³-hybridized carbons (Fsp3) is 0.259. The molecule has 0 spiro atoms. The summed E-state index contributed by atoms with van der Waals surface area (Å²) in [4.78, 5) is 28.4. The van der Waals surface area contributed by atoms with Crippen LogP contribution in [0.5, 0.6) is 5.75 Å².